The number of para-hydroxylation sites is 1. The molecule has 4 aromatic rings. The first-order valence-corrected chi connectivity index (χ1v) is 12.5. The summed E-state index contributed by atoms with van der Waals surface area (Å²) in [6.45, 7) is 8.82. The van der Waals surface area contributed by atoms with Crippen LogP contribution in [-0.4, -0.2) is 24.1 Å². The molecule has 180 valence electrons. The van der Waals surface area contributed by atoms with Crippen LogP contribution in [0.2, 0.25) is 0 Å². The first kappa shape index (κ1) is 23.1. The van der Waals surface area contributed by atoms with E-state index in [0.29, 0.717) is 46.4 Å². The molecule has 1 aliphatic rings. The van der Waals surface area contributed by atoms with E-state index in [2.05, 4.69) is 4.98 Å². The van der Waals surface area contributed by atoms with E-state index in [1.165, 1.54) is 11.3 Å². The van der Waals surface area contributed by atoms with Gasteiger partial charge >= 0.3 is 0 Å². The Bertz CT molecular complexity index is 1470. The van der Waals surface area contributed by atoms with Crippen molar-refractivity contribution in [1.29, 1.82) is 0 Å². The van der Waals surface area contributed by atoms with Gasteiger partial charge in [-0.05, 0) is 57.0 Å². The summed E-state index contributed by atoms with van der Waals surface area (Å²) in [7, 11) is 0. The van der Waals surface area contributed by atoms with Crippen LogP contribution in [0.25, 0.3) is 11.0 Å². The van der Waals surface area contributed by atoms with E-state index in [0.717, 1.165) is 22.6 Å². The number of hydrogen-bond donors (Lipinski definition) is 0. The summed E-state index contributed by atoms with van der Waals surface area (Å²) in [5.74, 6) is 0.857. The molecule has 0 N–H and O–H groups in total. The SMILES string of the molecule is CCCOc1ccc([C@H]2c3c(oc4ccccc4c3=O)C(=O)N2c2nc(C)c(C)s2)cc1OCC. The predicted octanol–water partition coefficient (Wildman–Crippen LogP) is 5.80. The van der Waals surface area contributed by atoms with E-state index >= 15 is 0 Å². The zero-order valence-corrected chi connectivity index (χ0v) is 20.9. The molecule has 1 atom stereocenters. The number of anilines is 1. The number of aromatic nitrogens is 1. The molecular formula is C27H26N2O5S. The van der Waals surface area contributed by atoms with Gasteiger partial charge in [0.05, 0.1) is 35.9 Å². The number of hydrogen-bond acceptors (Lipinski definition) is 7. The molecule has 0 radical (unpaired) electrons. The van der Waals surface area contributed by atoms with Crippen molar-refractivity contribution in [3.8, 4) is 11.5 Å². The molecule has 0 saturated carbocycles. The lowest BCUT2D eigenvalue weighted by Gasteiger charge is -2.23. The lowest BCUT2D eigenvalue weighted by Crippen LogP contribution is -2.29. The van der Waals surface area contributed by atoms with Crippen molar-refractivity contribution < 1.29 is 18.7 Å². The van der Waals surface area contributed by atoms with E-state index < -0.39 is 6.04 Å². The Hall–Kier alpha value is -3.65. The standard InChI is InChI=1S/C27H26N2O5S/c1-5-13-33-20-12-11-17(14-21(20)32-6-2)23-22-24(30)18-9-7-8-10-19(18)34-25(22)26(31)29(23)27-28-15(3)16(4)35-27/h7-12,14,23H,5-6,13H2,1-4H3/t23-/m0/s1. The molecule has 0 unspecified atom stereocenters. The summed E-state index contributed by atoms with van der Waals surface area (Å²) in [5, 5.41) is 0.958. The number of nitrogens with zero attached hydrogens (tertiary/aromatic N) is 2. The summed E-state index contributed by atoms with van der Waals surface area (Å²) in [4.78, 5) is 34.6. The number of aryl methyl sites for hydroxylation is 2. The van der Waals surface area contributed by atoms with Gasteiger partial charge in [-0.15, -0.1) is 11.3 Å². The molecular weight excluding hydrogens is 464 g/mol. The number of carbonyl (C=O) groups is 1. The van der Waals surface area contributed by atoms with E-state index in [1.54, 1.807) is 29.2 Å². The number of fused-ring (bicyclic) bond motifs is 2. The highest BCUT2D eigenvalue weighted by molar-refractivity contribution is 7.15. The van der Waals surface area contributed by atoms with Crippen LogP contribution in [0.15, 0.2) is 51.7 Å². The Labute approximate surface area is 206 Å². The van der Waals surface area contributed by atoms with Crippen LogP contribution < -0.4 is 19.8 Å². The highest BCUT2D eigenvalue weighted by Crippen LogP contribution is 2.44. The maximum absolute atomic E-state index is 13.7. The Morgan fingerprint density at radius 3 is 2.57 bits per heavy atom. The fourth-order valence-electron chi connectivity index (χ4n) is 4.29. The van der Waals surface area contributed by atoms with E-state index in [4.69, 9.17) is 13.9 Å². The fraction of sp³-hybridized carbons (Fsp3) is 0.296. The smallest absolute Gasteiger partial charge is 0.297 e. The molecule has 1 aliphatic heterocycles. The molecule has 3 heterocycles. The Kier molecular flexibility index (Phi) is 6.06. The minimum absolute atomic E-state index is 0.0495. The number of benzene rings is 2. The summed E-state index contributed by atoms with van der Waals surface area (Å²) in [5.41, 5.74) is 2.03. The van der Waals surface area contributed by atoms with Crippen molar-refractivity contribution in [3.05, 3.63) is 80.1 Å². The van der Waals surface area contributed by atoms with Gasteiger partial charge in [-0.2, -0.15) is 0 Å². The molecule has 2 aromatic heterocycles. The van der Waals surface area contributed by atoms with Gasteiger partial charge in [-0.1, -0.05) is 25.1 Å². The van der Waals surface area contributed by atoms with Crippen LogP contribution in [0, 0.1) is 13.8 Å². The predicted molar refractivity (Wildman–Crippen MR) is 136 cm³/mol. The zero-order valence-electron chi connectivity index (χ0n) is 20.1. The van der Waals surface area contributed by atoms with Gasteiger partial charge in [0.25, 0.3) is 5.91 Å². The lowest BCUT2D eigenvalue weighted by atomic mass is 9.98. The van der Waals surface area contributed by atoms with Gasteiger partial charge < -0.3 is 13.9 Å². The second-order valence-electron chi connectivity index (χ2n) is 8.37. The number of amides is 1. The molecule has 0 fully saturated rings. The number of carbonyl (C=O) groups excluding carboxylic acids is 1. The maximum atomic E-state index is 13.7. The topological polar surface area (TPSA) is 81.9 Å². The molecule has 7 nitrogen and oxygen atoms in total. The molecule has 0 spiro atoms. The van der Waals surface area contributed by atoms with Gasteiger partial charge in [0.15, 0.2) is 22.1 Å². The molecule has 8 heteroatoms. The Morgan fingerprint density at radius 1 is 1.06 bits per heavy atom. The van der Waals surface area contributed by atoms with Gasteiger partial charge in [-0.25, -0.2) is 4.98 Å². The first-order valence-electron chi connectivity index (χ1n) is 11.7. The number of thiazole rings is 1. The van der Waals surface area contributed by atoms with Crippen molar-refractivity contribution in [2.75, 3.05) is 18.1 Å². The third kappa shape index (κ3) is 3.87. The normalized spacial score (nSPS) is 15.0. The molecule has 0 bridgehead atoms. The quantitative estimate of drug-likeness (QED) is 0.325. The molecule has 35 heavy (non-hydrogen) atoms. The lowest BCUT2D eigenvalue weighted by molar-refractivity contribution is 0.0971. The van der Waals surface area contributed by atoms with E-state index in [-0.39, 0.29) is 17.1 Å². The first-order chi connectivity index (χ1) is 16.9. The highest BCUT2D eigenvalue weighted by Gasteiger charge is 2.45. The summed E-state index contributed by atoms with van der Waals surface area (Å²) < 4.78 is 17.8. The van der Waals surface area contributed by atoms with Gasteiger partial charge in [0.2, 0.25) is 5.76 Å². The van der Waals surface area contributed by atoms with Crippen LogP contribution in [0.1, 0.15) is 58.6 Å². The second kappa shape index (κ2) is 9.19. The van der Waals surface area contributed by atoms with Gasteiger partial charge in [0, 0.05) is 4.88 Å². The zero-order chi connectivity index (χ0) is 24.7. The monoisotopic (exact) mass is 490 g/mol. The van der Waals surface area contributed by atoms with Crippen molar-refractivity contribution in [1.82, 2.24) is 4.98 Å². The molecule has 0 aliphatic carbocycles. The molecule has 1 amide bonds. The minimum atomic E-state index is -0.706. The van der Waals surface area contributed by atoms with Crippen LogP contribution in [0.5, 0.6) is 11.5 Å². The van der Waals surface area contributed by atoms with Crippen molar-refractivity contribution >= 4 is 33.3 Å². The fourth-order valence-corrected chi connectivity index (χ4v) is 5.22. The average Bonchev–Trinajstić information content (AvgIpc) is 3.34. The van der Waals surface area contributed by atoms with Crippen molar-refractivity contribution in [2.45, 2.75) is 40.2 Å². The molecule has 2 aromatic carbocycles. The maximum Gasteiger partial charge on any atom is 0.297 e. The number of rotatable bonds is 7. The van der Waals surface area contributed by atoms with E-state index in [1.807, 2.05) is 45.9 Å². The van der Waals surface area contributed by atoms with Crippen LogP contribution in [0.3, 0.4) is 0 Å². The minimum Gasteiger partial charge on any atom is -0.490 e. The highest BCUT2D eigenvalue weighted by atomic mass is 32.1. The average molecular weight is 491 g/mol. The largest absolute Gasteiger partial charge is 0.490 e. The number of ether oxygens (including phenoxy) is 2. The summed E-state index contributed by atoms with van der Waals surface area (Å²) in [6, 6.07) is 11.8. The van der Waals surface area contributed by atoms with Crippen molar-refractivity contribution in [3.63, 3.8) is 0 Å². The Morgan fingerprint density at radius 2 is 1.86 bits per heavy atom. The summed E-state index contributed by atoms with van der Waals surface area (Å²) in [6.07, 6.45) is 0.864. The van der Waals surface area contributed by atoms with Crippen molar-refractivity contribution in [2.24, 2.45) is 0 Å². The second-order valence-corrected chi connectivity index (χ2v) is 9.56. The third-order valence-corrected chi connectivity index (χ3v) is 7.12. The van der Waals surface area contributed by atoms with Crippen LogP contribution in [-0.2, 0) is 0 Å². The van der Waals surface area contributed by atoms with E-state index in [9.17, 15) is 9.59 Å². The van der Waals surface area contributed by atoms with Crippen LogP contribution in [0.4, 0.5) is 5.13 Å². The van der Waals surface area contributed by atoms with Gasteiger partial charge in [-0.3, -0.25) is 14.5 Å². The van der Waals surface area contributed by atoms with Crippen LogP contribution >= 0.6 is 11.3 Å². The van der Waals surface area contributed by atoms with Gasteiger partial charge in [0.1, 0.15) is 5.58 Å². The molecule has 0 saturated heterocycles. The third-order valence-electron chi connectivity index (χ3n) is 6.05. The summed E-state index contributed by atoms with van der Waals surface area (Å²) >= 11 is 1.42. The Balaban J connectivity index is 1.74. The molecule has 5 rings (SSSR count).